The molecular weight excluding hydrogens is 586 g/mol. The van der Waals surface area contributed by atoms with Crippen LogP contribution in [0.1, 0.15) is 95.8 Å². The zero-order chi connectivity index (χ0) is 33.9. The molecule has 0 aliphatic carbocycles. The van der Waals surface area contributed by atoms with Gasteiger partial charge in [0, 0.05) is 17.7 Å². The highest BCUT2D eigenvalue weighted by atomic mass is 16.5. The molecule has 4 aromatic rings. The molecule has 1 heterocycles. The number of aromatic nitrogens is 3. The summed E-state index contributed by atoms with van der Waals surface area (Å²) in [6.07, 6.45) is 9.01. The number of benzene rings is 3. The Bertz CT molecular complexity index is 1500. The van der Waals surface area contributed by atoms with Crippen molar-refractivity contribution in [1.29, 1.82) is 0 Å². The lowest BCUT2D eigenvalue weighted by atomic mass is 9.99. The quantitative estimate of drug-likeness (QED) is 0.111. The van der Waals surface area contributed by atoms with Crippen LogP contribution in [0.3, 0.4) is 0 Å². The summed E-state index contributed by atoms with van der Waals surface area (Å²) in [5, 5.41) is 22.2. The van der Waals surface area contributed by atoms with Crippen LogP contribution in [0.5, 0.6) is 23.0 Å². The molecule has 252 valence electrons. The van der Waals surface area contributed by atoms with Crippen molar-refractivity contribution in [1.82, 2.24) is 15.0 Å². The fourth-order valence-electron chi connectivity index (χ4n) is 5.88. The Hall–Kier alpha value is -4.13. The van der Waals surface area contributed by atoms with Gasteiger partial charge < -0.3 is 19.7 Å². The standard InChI is InChI=1S/C40H53N3O4/c1-26(2)14-10-8-12-20-46-31-16-18-33(35(44)24-31)38-41-39(43-40(42-38)37-29(6)22-28(5)23-30(37)7)34-19-17-32(25-36(34)45)47-21-13-9-11-15-27(3)4/h16-19,22-27,44-45H,8-15,20-21H2,1-7H3. The minimum Gasteiger partial charge on any atom is -0.507 e. The number of phenolic OH excluding ortho intramolecular Hbond substituents is 2. The average Bonchev–Trinajstić information content (AvgIpc) is 3.00. The fourth-order valence-corrected chi connectivity index (χ4v) is 5.88. The highest BCUT2D eigenvalue weighted by Gasteiger charge is 2.19. The Morgan fingerprint density at radius 2 is 0.979 bits per heavy atom. The molecule has 0 radical (unpaired) electrons. The van der Waals surface area contributed by atoms with Crippen molar-refractivity contribution in [2.45, 2.75) is 99.8 Å². The van der Waals surface area contributed by atoms with Gasteiger partial charge in [0.2, 0.25) is 0 Å². The first-order valence-electron chi connectivity index (χ1n) is 17.3. The van der Waals surface area contributed by atoms with Crippen molar-refractivity contribution in [2.24, 2.45) is 11.8 Å². The summed E-state index contributed by atoms with van der Waals surface area (Å²) in [5.74, 6) is 3.76. The van der Waals surface area contributed by atoms with Crippen LogP contribution in [-0.2, 0) is 0 Å². The summed E-state index contributed by atoms with van der Waals surface area (Å²) in [6.45, 7) is 16.3. The van der Waals surface area contributed by atoms with Crippen LogP contribution in [0.4, 0.5) is 0 Å². The summed E-state index contributed by atoms with van der Waals surface area (Å²) < 4.78 is 11.9. The van der Waals surface area contributed by atoms with E-state index < -0.39 is 0 Å². The molecule has 2 N–H and O–H groups in total. The fraction of sp³-hybridized carbons (Fsp3) is 0.475. The molecule has 0 saturated heterocycles. The third kappa shape index (κ3) is 10.4. The minimum absolute atomic E-state index is 0.0177. The van der Waals surface area contributed by atoms with Crippen molar-refractivity contribution >= 4 is 0 Å². The molecule has 0 atom stereocenters. The van der Waals surface area contributed by atoms with Gasteiger partial charge >= 0.3 is 0 Å². The van der Waals surface area contributed by atoms with E-state index in [0.717, 1.165) is 47.9 Å². The second kappa shape index (κ2) is 17.1. The van der Waals surface area contributed by atoms with Crippen LogP contribution in [0.25, 0.3) is 34.2 Å². The lowest BCUT2D eigenvalue weighted by molar-refractivity contribution is 0.301. The smallest absolute Gasteiger partial charge is 0.167 e. The number of aromatic hydroxyl groups is 2. The molecule has 4 rings (SSSR count). The average molecular weight is 640 g/mol. The van der Waals surface area contributed by atoms with E-state index in [4.69, 9.17) is 24.4 Å². The predicted octanol–water partition coefficient (Wildman–Crippen LogP) is 10.4. The molecule has 47 heavy (non-hydrogen) atoms. The normalized spacial score (nSPS) is 11.4. The van der Waals surface area contributed by atoms with E-state index in [-0.39, 0.29) is 11.5 Å². The Kier molecular flexibility index (Phi) is 13.0. The number of unbranched alkanes of at least 4 members (excludes halogenated alkanes) is 4. The third-order valence-corrected chi connectivity index (χ3v) is 8.35. The molecule has 0 bridgehead atoms. The van der Waals surface area contributed by atoms with Gasteiger partial charge in [0.15, 0.2) is 17.5 Å². The number of hydrogen-bond acceptors (Lipinski definition) is 7. The number of ether oxygens (including phenoxy) is 2. The SMILES string of the molecule is Cc1cc(C)c(-c2nc(-c3ccc(OCCCCCC(C)C)cc3O)nc(-c3ccc(OCCCCCC(C)C)cc3O)n2)c(C)c1. The summed E-state index contributed by atoms with van der Waals surface area (Å²) in [7, 11) is 0. The maximum Gasteiger partial charge on any atom is 0.167 e. The molecule has 0 saturated carbocycles. The van der Waals surface area contributed by atoms with E-state index in [1.807, 2.05) is 26.0 Å². The third-order valence-electron chi connectivity index (χ3n) is 8.35. The molecule has 3 aromatic carbocycles. The van der Waals surface area contributed by atoms with Crippen molar-refractivity contribution in [2.75, 3.05) is 13.2 Å². The Balaban J connectivity index is 1.60. The minimum atomic E-state index is 0.0177. The Morgan fingerprint density at radius 1 is 0.553 bits per heavy atom. The van der Waals surface area contributed by atoms with Crippen molar-refractivity contribution in [3.05, 3.63) is 65.2 Å². The Morgan fingerprint density at radius 3 is 1.38 bits per heavy atom. The highest BCUT2D eigenvalue weighted by molar-refractivity contribution is 5.74. The van der Waals surface area contributed by atoms with Crippen molar-refractivity contribution < 1.29 is 19.7 Å². The molecule has 7 heteroatoms. The number of aryl methyl sites for hydroxylation is 3. The second-order valence-corrected chi connectivity index (χ2v) is 13.6. The summed E-state index contributed by atoms with van der Waals surface area (Å²) in [5.41, 5.74) is 5.03. The largest absolute Gasteiger partial charge is 0.507 e. The van der Waals surface area contributed by atoms with Crippen LogP contribution < -0.4 is 9.47 Å². The molecule has 0 aliphatic heterocycles. The van der Waals surface area contributed by atoms with Gasteiger partial charge in [-0.05, 0) is 80.8 Å². The van der Waals surface area contributed by atoms with Crippen LogP contribution >= 0.6 is 0 Å². The lowest BCUT2D eigenvalue weighted by Crippen LogP contribution is -2.03. The predicted molar refractivity (Wildman–Crippen MR) is 191 cm³/mol. The maximum absolute atomic E-state index is 11.1. The molecule has 0 spiro atoms. The monoisotopic (exact) mass is 639 g/mol. The van der Waals surface area contributed by atoms with E-state index in [9.17, 15) is 10.2 Å². The van der Waals surface area contributed by atoms with Gasteiger partial charge in [-0.2, -0.15) is 0 Å². The molecule has 0 amide bonds. The number of hydrogen-bond donors (Lipinski definition) is 2. The van der Waals surface area contributed by atoms with Crippen LogP contribution in [0, 0.1) is 32.6 Å². The zero-order valence-corrected chi connectivity index (χ0v) is 29.4. The van der Waals surface area contributed by atoms with Crippen molar-refractivity contribution in [3.63, 3.8) is 0 Å². The van der Waals surface area contributed by atoms with Crippen LogP contribution in [0.2, 0.25) is 0 Å². The molecule has 0 fully saturated rings. The van der Waals surface area contributed by atoms with E-state index in [2.05, 4.69) is 46.8 Å². The molecule has 0 unspecified atom stereocenters. The summed E-state index contributed by atoms with van der Waals surface area (Å²) in [6, 6.07) is 14.7. The van der Waals surface area contributed by atoms with Crippen LogP contribution in [-0.4, -0.2) is 38.4 Å². The molecule has 0 aliphatic rings. The van der Waals surface area contributed by atoms with Gasteiger partial charge in [0.1, 0.15) is 23.0 Å². The van der Waals surface area contributed by atoms with E-state index in [1.165, 1.54) is 25.7 Å². The topological polar surface area (TPSA) is 97.6 Å². The molecule has 1 aromatic heterocycles. The van der Waals surface area contributed by atoms with Gasteiger partial charge in [-0.25, -0.2) is 15.0 Å². The van der Waals surface area contributed by atoms with Gasteiger partial charge in [-0.3, -0.25) is 0 Å². The zero-order valence-electron chi connectivity index (χ0n) is 29.4. The number of rotatable bonds is 17. The first-order chi connectivity index (χ1) is 22.5. The summed E-state index contributed by atoms with van der Waals surface area (Å²) in [4.78, 5) is 14.4. The highest BCUT2D eigenvalue weighted by Crippen LogP contribution is 2.37. The van der Waals surface area contributed by atoms with Gasteiger partial charge in [-0.1, -0.05) is 83.9 Å². The summed E-state index contributed by atoms with van der Waals surface area (Å²) >= 11 is 0. The van der Waals surface area contributed by atoms with Crippen LogP contribution in [0.15, 0.2) is 48.5 Å². The first-order valence-corrected chi connectivity index (χ1v) is 17.3. The number of phenols is 2. The van der Waals surface area contributed by atoms with E-state index >= 15 is 0 Å². The second-order valence-electron chi connectivity index (χ2n) is 13.6. The van der Waals surface area contributed by atoms with Crippen molar-refractivity contribution in [3.8, 4) is 57.2 Å². The van der Waals surface area contributed by atoms with Gasteiger partial charge in [-0.15, -0.1) is 0 Å². The maximum atomic E-state index is 11.1. The Labute approximate surface area is 281 Å². The molecule has 7 nitrogen and oxygen atoms in total. The number of nitrogens with zero attached hydrogens (tertiary/aromatic N) is 3. The molecular formula is C40H53N3O4. The first kappa shape index (κ1) is 35.7. The van der Waals surface area contributed by atoms with E-state index in [0.29, 0.717) is 65.1 Å². The van der Waals surface area contributed by atoms with Gasteiger partial charge in [0.25, 0.3) is 0 Å². The van der Waals surface area contributed by atoms with Gasteiger partial charge in [0.05, 0.1) is 24.3 Å². The van der Waals surface area contributed by atoms with E-state index in [1.54, 1.807) is 24.3 Å². The lowest BCUT2D eigenvalue weighted by Gasteiger charge is -2.14.